The molecule has 2 aromatic carbocycles. The molecule has 0 saturated heterocycles. The van der Waals surface area contributed by atoms with Crippen LogP contribution in [-0.2, 0) is 32.4 Å². The Morgan fingerprint density at radius 3 is 2.54 bits per heavy atom. The number of esters is 1. The molecule has 9 heteroatoms. The standard InChI is InChI=1S/C26H28N2O5S2/c1-4-33-26(30)24-20-11-8-12-22(20)34-25(24)27-23(29)16-28(21-15-17(2)13-14-18(21)3)35(31,32)19-9-6-5-7-10-19/h5-7,9-10,13-15H,4,8,11-12,16H2,1-3H3,(H,27,29). The smallest absolute Gasteiger partial charge is 0.341 e. The molecule has 1 aliphatic carbocycles. The Morgan fingerprint density at radius 2 is 1.83 bits per heavy atom. The number of aryl methyl sites for hydroxylation is 3. The van der Waals surface area contributed by atoms with E-state index in [1.165, 1.54) is 23.5 Å². The van der Waals surface area contributed by atoms with Crippen molar-refractivity contribution in [2.75, 3.05) is 22.8 Å². The van der Waals surface area contributed by atoms with Gasteiger partial charge in [0.25, 0.3) is 10.0 Å². The van der Waals surface area contributed by atoms with E-state index in [0.717, 1.165) is 45.1 Å². The highest BCUT2D eigenvalue weighted by Crippen LogP contribution is 2.39. The zero-order valence-electron chi connectivity index (χ0n) is 20.0. The summed E-state index contributed by atoms with van der Waals surface area (Å²) in [7, 11) is -4.03. The molecule has 0 aliphatic heterocycles. The second-order valence-electron chi connectivity index (χ2n) is 8.44. The van der Waals surface area contributed by atoms with Crippen molar-refractivity contribution in [3.8, 4) is 0 Å². The average molecular weight is 513 g/mol. The molecule has 1 aromatic heterocycles. The minimum Gasteiger partial charge on any atom is -0.462 e. The minimum absolute atomic E-state index is 0.0935. The summed E-state index contributed by atoms with van der Waals surface area (Å²) in [5, 5.41) is 3.22. The number of amides is 1. The van der Waals surface area contributed by atoms with E-state index < -0.39 is 28.4 Å². The first-order valence-electron chi connectivity index (χ1n) is 11.5. The van der Waals surface area contributed by atoms with Gasteiger partial charge in [0.05, 0.1) is 22.8 Å². The molecular formula is C26H28N2O5S2. The molecule has 35 heavy (non-hydrogen) atoms. The number of fused-ring (bicyclic) bond motifs is 1. The van der Waals surface area contributed by atoms with Gasteiger partial charge in [0, 0.05) is 4.88 Å². The van der Waals surface area contributed by atoms with Gasteiger partial charge in [-0.2, -0.15) is 0 Å². The van der Waals surface area contributed by atoms with E-state index in [1.807, 2.05) is 26.0 Å². The van der Waals surface area contributed by atoms with E-state index in [9.17, 15) is 18.0 Å². The molecule has 184 valence electrons. The van der Waals surface area contributed by atoms with Crippen molar-refractivity contribution in [1.82, 2.24) is 0 Å². The van der Waals surface area contributed by atoms with Crippen molar-refractivity contribution in [2.45, 2.75) is 44.9 Å². The van der Waals surface area contributed by atoms with Gasteiger partial charge in [0.15, 0.2) is 0 Å². The van der Waals surface area contributed by atoms with Crippen molar-refractivity contribution in [2.24, 2.45) is 0 Å². The maximum atomic E-state index is 13.6. The van der Waals surface area contributed by atoms with E-state index in [-0.39, 0.29) is 11.5 Å². The lowest BCUT2D eigenvalue weighted by Gasteiger charge is -2.26. The highest BCUT2D eigenvalue weighted by Gasteiger charge is 2.31. The number of nitrogens with one attached hydrogen (secondary N) is 1. The average Bonchev–Trinajstić information content (AvgIpc) is 3.40. The molecule has 0 bridgehead atoms. The monoisotopic (exact) mass is 512 g/mol. The molecule has 0 saturated carbocycles. The molecule has 0 unspecified atom stereocenters. The molecule has 1 heterocycles. The predicted molar refractivity (Wildman–Crippen MR) is 138 cm³/mol. The van der Waals surface area contributed by atoms with Crippen LogP contribution >= 0.6 is 11.3 Å². The molecule has 0 fully saturated rings. The lowest BCUT2D eigenvalue weighted by atomic mass is 10.1. The van der Waals surface area contributed by atoms with E-state index in [2.05, 4.69) is 5.32 Å². The van der Waals surface area contributed by atoms with Gasteiger partial charge < -0.3 is 10.1 Å². The summed E-state index contributed by atoms with van der Waals surface area (Å²) in [5.74, 6) is -0.999. The van der Waals surface area contributed by atoms with Crippen LogP contribution in [0.4, 0.5) is 10.7 Å². The zero-order chi connectivity index (χ0) is 25.2. The normalized spacial score (nSPS) is 12.8. The molecular weight excluding hydrogens is 484 g/mol. The number of nitrogens with zero attached hydrogens (tertiary/aromatic N) is 1. The van der Waals surface area contributed by atoms with Gasteiger partial charge in [0.2, 0.25) is 5.91 Å². The molecule has 1 aliphatic rings. The van der Waals surface area contributed by atoms with E-state index in [1.54, 1.807) is 31.2 Å². The van der Waals surface area contributed by atoms with Crippen LogP contribution in [0, 0.1) is 13.8 Å². The van der Waals surface area contributed by atoms with E-state index in [4.69, 9.17) is 4.74 Å². The summed E-state index contributed by atoms with van der Waals surface area (Å²) in [6.07, 6.45) is 2.56. The fourth-order valence-corrected chi connectivity index (χ4v) is 7.01. The van der Waals surface area contributed by atoms with Crippen molar-refractivity contribution in [3.63, 3.8) is 0 Å². The van der Waals surface area contributed by atoms with Crippen molar-refractivity contribution in [1.29, 1.82) is 0 Å². The zero-order valence-corrected chi connectivity index (χ0v) is 21.6. The van der Waals surface area contributed by atoms with Crippen molar-refractivity contribution in [3.05, 3.63) is 75.7 Å². The Bertz CT molecular complexity index is 1360. The third kappa shape index (κ3) is 5.11. The Hall–Kier alpha value is -3.17. The number of hydrogen-bond donors (Lipinski definition) is 1. The molecule has 0 atom stereocenters. The van der Waals surface area contributed by atoms with Crippen LogP contribution in [0.25, 0.3) is 0 Å². The van der Waals surface area contributed by atoms with Crippen LogP contribution in [0.15, 0.2) is 53.4 Å². The van der Waals surface area contributed by atoms with Crippen LogP contribution in [0.5, 0.6) is 0 Å². The molecule has 3 aromatic rings. The van der Waals surface area contributed by atoms with E-state index >= 15 is 0 Å². The Kier molecular flexibility index (Phi) is 7.28. The number of rotatable bonds is 8. The predicted octanol–water partition coefficient (Wildman–Crippen LogP) is 4.86. The Labute approximate surface area is 209 Å². The summed E-state index contributed by atoms with van der Waals surface area (Å²) in [4.78, 5) is 27.1. The summed E-state index contributed by atoms with van der Waals surface area (Å²) in [5.41, 5.74) is 3.35. The minimum atomic E-state index is -4.03. The van der Waals surface area contributed by atoms with Crippen LogP contribution in [0.1, 0.15) is 45.3 Å². The summed E-state index contributed by atoms with van der Waals surface area (Å²) < 4.78 is 33.6. The number of sulfonamides is 1. The number of carbonyl (C=O) groups is 2. The number of benzene rings is 2. The number of hydrogen-bond acceptors (Lipinski definition) is 6. The molecule has 4 rings (SSSR count). The van der Waals surface area contributed by atoms with Gasteiger partial charge in [-0.15, -0.1) is 11.3 Å². The third-order valence-electron chi connectivity index (χ3n) is 5.91. The van der Waals surface area contributed by atoms with Gasteiger partial charge in [-0.25, -0.2) is 13.2 Å². The lowest BCUT2D eigenvalue weighted by Crippen LogP contribution is -2.38. The maximum Gasteiger partial charge on any atom is 0.341 e. The first kappa shape index (κ1) is 24.9. The van der Waals surface area contributed by atoms with Gasteiger partial charge in [0.1, 0.15) is 11.5 Å². The number of thiophene rings is 1. The fourth-order valence-electron chi connectivity index (χ4n) is 4.22. The molecule has 0 radical (unpaired) electrons. The van der Waals surface area contributed by atoms with Crippen LogP contribution in [0.2, 0.25) is 0 Å². The second-order valence-corrected chi connectivity index (χ2v) is 11.4. The third-order valence-corrected chi connectivity index (χ3v) is 8.89. The highest BCUT2D eigenvalue weighted by atomic mass is 32.2. The van der Waals surface area contributed by atoms with Crippen LogP contribution in [0.3, 0.4) is 0 Å². The van der Waals surface area contributed by atoms with E-state index in [0.29, 0.717) is 16.3 Å². The van der Waals surface area contributed by atoms with Gasteiger partial charge >= 0.3 is 5.97 Å². The van der Waals surface area contributed by atoms with Crippen molar-refractivity contribution < 1.29 is 22.7 Å². The fraction of sp³-hybridized carbons (Fsp3) is 0.308. The molecule has 1 N–H and O–H groups in total. The van der Waals surface area contributed by atoms with Gasteiger partial charge in [-0.1, -0.05) is 30.3 Å². The van der Waals surface area contributed by atoms with Gasteiger partial charge in [-0.05, 0) is 74.9 Å². The van der Waals surface area contributed by atoms with Crippen LogP contribution < -0.4 is 9.62 Å². The summed E-state index contributed by atoms with van der Waals surface area (Å²) >= 11 is 1.36. The largest absolute Gasteiger partial charge is 0.462 e. The highest BCUT2D eigenvalue weighted by molar-refractivity contribution is 7.92. The topological polar surface area (TPSA) is 92.8 Å². The molecule has 0 spiro atoms. The maximum absolute atomic E-state index is 13.6. The number of ether oxygens (including phenoxy) is 1. The Morgan fingerprint density at radius 1 is 1.09 bits per heavy atom. The number of carbonyl (C=O) groups excluding carboxylic acids is 2. The summed E-state index contributed by atoms with van der Waals surface area (Å²) in [6.45, 7) is 5.20. The van der Waals surface area contributed by atoms with Gasteiger partial charge in [-0.3, -0.25) is 9.10 Å². The lowest BCUT2D eigenvalue weighted by molar-refractivity contribution is -0.114. The Balaban J connectivity index is 1.69. The molecule has 1 amide bonds. The van der Waals surface area contributed by atoms with Crippen molar-refractivity contribution >= 4 is 43.9 Å². The van der Waals surface area contributed by atoms with Crippen LogP contribution in [-0.4, -0.2) is 33.4 Å². The first-order valence-corrected chi connectivity index (χ1v) is 13.7. The quantitative estimate of drug-likeness (QED) is 0.435. The SMILES string of the molecule is CCOC(=O)c1c(NC(=O)CN(c2cc(C)ccc2C)S(=O)(=O)c2ccccc2)sc2c1CCC2. The summed E-state index contributed by atoms with van der Waals surface area (Å²) in [6, 6.07) is 13.5. The molecule has 7 nitrogen and oxygen atoms in total. The number of anilines is 2. The first-order chi connectivity index (χ1) is 16.7. The second kappa shape index (κ2) is 10.2.